The van der Waals surface area contributed by atoms with Gasteiger partial charge in [-0.25, -0.2) is 9.18 Å². The van der Waals surface area contributed by atoms with Crippen LogP contribution in [0.25, 0.3) is 0 Å². The van der Waals surface area contributed by atoms with E-state index in [9.17, 15) is 14.0 Å². The predicted octanol–water partition coefficient (Wildman–Crippen LogP) is 2.57. The zero-order valence-corrected chi connectivity index (χ0v) is 13.8. The van der Waals surface area contributed by atoms with Gasteiger partial charge in [0.25, 0.3) is 0 Å². The highest BCUT2D eigenvalue weighted by molar-refractivity contribution is 7.10. The van der Waals surface area contributed by atoms with Gasteiger partial charge in [-0.1, -0.05) is 18.2 Å². The molecule has 0 aliphatic carbocycles. The summed E-state index contributed by atoms with van der Waals surface area (Å²) >= 11 is 1.70. The maximum atomic E-state index is 14.0. The Morgan fingerprint density at radius 1 is 1.33 bits per heavy atom. The summed E-state index contributed by atoms with van der Waals surface area (Å²) in [6, 6.07) is 6.54. The van der Waals surface area contributed by atoms with Crippen molar-refractivity contribution in [2.24, 2.45) is 5.73 Å². The Labute approximate surface area is 143 Å². The summed E-state index contributed by atoms with van der Waals surface area (Å²) in [7, 11) is 0. The van der Waals surface area contributed by atoms with Crippen molar-refractivity contribution in [2.45, 2.75) is 25.4 Å². The van der Waals surface area contributed by atoms with Crippen molar-refractivity contribution in [1.29, 1.82) is 0 Å². The Morgan fingerprint density at radius 2 is 2.12 bits per heavy atom. The van der Waals surface area contributed by atoms with E-state index < -0.39 is 17.9 Å². The van der Waals surface area contributed by atoms with Crippen LogP contribution in [0.1, 0.15) is 28.5 Å². The number of carbonyl (C=O) groups excluding carboxylic acids is 2. The first kappa shape index (κ1) is 16.4. The third kappa shape index (κ3) is 3.56. The number of thiophene rings is 1. The molecule has 0 fully saturated rings. The van der Waals surface area contributed by atoms with Crippen LogP contribution < -0.4 is 11.1 Å². The van der Waals surface area contributed by atoms with Crippen LogP contribution in [0, 0.1) is 5.82 Å². The molecule has 24 heavy (non-hydrogen) atoms. The van der Waals surface area contributed by atoms with Crippen molar-refractivity contribution in [3.05, 3.63) is 57.5 Å². The monoisotopic (exact) mass is 347 g/mol. The van der Waals surface area contributed by atoms with E-state index >= 15 is 0 Å². The normalized spacial score (nSPS) is 14.8. The summed E-state index contributed by atoms with van der Waals surface area (Å²) in [6.07, 6.45) is 0.801. The fraction of sp³-hybridized carbons (Fsp3) is 0.294. The minimum Gasteiger partial charge on any atom is -0.352 e. The van der Waals surface area contributed by atoms with Crippen molar-refractivity contribution in [1.82, 2.24) is 10.2 Å². The second-order valence-electron chi connectivity index (χ2n) is 5.72. The highest BCUT2D eigenvalue weighted by Crippen LogP contribution is 2.26. The van der Waals surface area contributed by atoms with Gasteiger partial charge in [0.05, 0.1) is 12.5 Å². The zero-order chi connectivity index (χ0) is 17.1. The van der Waals surface area contributed by atoms with E-state index in [1.54, 1.807) is 34.4 Å². The molecule has 3 amide bonds. The summed E-state index contributed by atoms with van der Waals surface area (Å²) < 4.78 is 14.0. The van der Waals surface area contributed by atoms with Crippen LogP contribution in [0.4, 0.5) is 9.18 Å². The molecular formula is C17H18FN3O2S. The van der Waals surface area contributed by atoms with Gasteiger partial charge in [-0.2, -0.15) is 0 Å². The van der Waals surface area contributed by atoms with Gasteiger partial charge in [-0.15, -0.1) is 11.3 Å². The molecule has 1 aliphatic rings. The van der Waals surface area contributed by atoms with Crippen LogP contribution in [0.2, 0.25) is 0 Å². The molecule has 0 unspecified atom stereocenters. The van der Waals surface area contributed by atoms with Gasteiger partial charge in [-0.3, -0.25) is 4.79 Å². The summed E-state index contributed by atoms with van der Waals surface area (Å²) in [5, 5.41) is 4.50. The van der Waals surface area contributed by atoms with E-state index in [1.807, 2.05) is 11.4 Å². The summed E-state index contributed by atoms with van der Waals surface area (Å²) in [5.74, 6) is -0.600. The SMILES string of the molecule is NC(=O)N[C@@H](CC(=O)N1CCc2sccc2C1)c1ccccc1F. The smallest absolute Gasteiger partial charge is 0.312 e. The second-order valence-corrected chi connectivity index (χ2v) is 6.72. The van der Waals surface area contributed by atoms with Crippen LogP contribution in [0.3, 0.4) is 0 Å². The lowest BCUT2D eigenvalue weighted by atomic mass is 10.0. The first-order chi connectivity index (χ1) is 11.5. The number of nitrogens with one attached hydrogen (secondary N) is 1. The molecule has 1 aromatic heterocycles. The lowest BCUT2D eigenvalue weighted by Gasteiger charge is -2.29. The quantitative estimate of drug-likeness (QED) is 0.892. The van der Waals surface area contributed by atoms with Crippen molar-refractivity contribution in [3.8, 4) is 0 Å². The van der Waals surface area contributed by atoms with Crippen LogP contribution in [-0.2, 0) is 17.8 Å². The van der Waals surface area contributed by atoms with E-state index in [1.165, 1.54) is 10.9 Å². The molecule has 3 N–H and O–H groups in total. The van der Waals surface area contributed by atoms with Crippen LogP contribution in [0.15, 0.2) is 35.7 Å². The third-order valence-electron chi connectivity index (χ3n) is 4.14. The van der Waals surface area contributed by atoms with Crippen molar-refractivity contribution in [2.75, 3.05) is 6.54 Å². The van der Waals surface area contributed by atoms with Gasteiger partial charge >= 0.3 is 6.03 Å². The largest absolute Gasteiger partial charge is 0.352 e. The van der Waals surface area contributed by atoms with Gasteiger partial charge in [0.2, 0.25) is 5.91 Å². The minimum absolute atomic E-state index is 0.0245. The summed E-state index contributed by atoms with van der Waals surface area (Å²) in [4.78, 5) is 26.9. The average Bonchev–Trinajstić information content (AvgIpc) is 3.01. The van der Waals surface area contributed by atoms with Crippen LogP contribution in [0.5, 0.6) is 0 Å². The topological polar surface area (TPSA) is 75.4 Å². The Kier molecular flexibility index (Phi) is 4.80. The second kappa shape index (κ2) is 7.00. The van der Waals surface area contributed by atoms with E-state index in [4.69, 9.17) is 5.73 Å². The van der Waals surface area contributed by atoms with Gasteiger partial charge < -0.3 is 16.0 Å². The van der Waals surface area contributed by atoms with E-state index in [0.29, 0.717) is 13.1 Å². The van der Waals surface area contributed by atoms with Gasteiger partial charge in [-0.05, 0) is 29.5 Å². The average molecular weight is 347 g/mol. The number of amides is 3. The van der Waals surface area contributed by atoms with Crippen molar-refractivity contribution >= 4 is 23.3 Å². The maximum absolute atomic E-state index is 14.0. The lowest BCUT2D eigenvalue weighted by Crippen LogP contribution is -2.40. The first-order valence-corrected chi connectivity index (χ1v) is 8.56. The number of nitrogens with zero attached hydrogens (tertiary/aromatic N) is 1. The van der Waals surface area contributed by atoms with Crippen LogP contribution >= 0.6 is 11.3 Å². The Bertz CT molecular complexity index is 762. The highest BCUT2D eigenvalue weighted by Gasteiger charge is 2.26. The molecule has 0 saturated carbocycles. The Balaban J connectivity index is 1.74. The molecule has 1 aromatic carbocycles. The Hall–Kier alpha value is -2.41. The standard InChI is InChI=1S/C17H18FN3O2S/c18-13-4-2-1-3-12(13)14(20-17(19)23)9-16(22)21-7-5-15-11(10-21)6-8-24-15/h1-4,6,8,14H,5,7,9-10H2,(H3,19,20,23)/t14-/m0/s1. The van der Waals surface area contributed by atoms with E-state index in [-0.39, 0.29) is 17.9 Å². The maximum Gasteiger partial charge on any atom is 0.312 e. The number of carbonyl (C=O) groups is 2. The van der Waals surface area contributed by atoms with E-state index in [0.717, 1.165) is 12.0 Å². The molecule has 5 nitrogen and oxygen atoms in total. The molecule has 1 aliphatic heterocycles. The third-order valence-corrected chi connectivity index (χ3v) is 5.16. The molecule has 3 rings (SSSR count). The number of fused-ring (bicyclic) bond motifs is 1. The number of nitrogens with two attached hydrogens (primary N) is 1. The van der Waals surface area contributed by atoms with Gasteiger partial charge in [0.1, 0.15) is 5.82 Å². The molecule has 2 aromatic rings. The number of halogens is 1. The molecule has 126 valence electrons. The minimum atomic E-state index is -0.783. The number of hydrogen-bond donors (Lipinski definition) is 2. The fourth-order valence-electron chi connectivity index (χ4n) is 2.93. The zero-order valence-electron chi connectivity index (χ0n) is 13.0. The molecule has 2 heterocycles. The lowest BCUT2D eigenvalue weighted by molar-refractivity contribution is -0.132. The van der Waals surface area contributed by atoms with Gasteiger partial charge in [0.15, 0.2) is 0 Å². The number of hydrogen-bond acceptors (Lipinski definition) is 3. The molecule has 0 spiro atoms. The predicted molar refractivity (Wildman–Crippen MR) is 89.9 cm³/mol. The molecule has 0 bridgehead atoms. The number of primary amides is 1. The number of urea groups is 1. The van der Waals surface area contributed by atoms with Crippen molar-refractivity contribution < 1.29 is 14.0 Å². The molecule has 7 heteroatoms. The molecule has 0 radical (unpaired) electrons. The number of rotatable bonds is 4. The highest BCUT2D eigenvalue weighted by atomic mass is 32.1. The first-order valence-electron chi connectivity index (χ1n) is 7.68. The fourth-order valence-corrected chi connectivity index (χ4v) is 3.82. The Morgan fingerprint density at radius 3 is 2.88 bits per heavy atom. The summed E-state index contributed by atoms with van der Waals surface area (Å²) in [5.41, 5.74) is 6.61. The van der Waals surface area contributed by atoms with E-state index in [2.05, 4.69) is 5.32 Å². The summed E-state index contributed by atoms with van der Waals surface area (Å²) in [6.45, 7) is 1.19. The molecule has 1 atom stereocenters. The number of benzene rings is 1. The van der Waals surface area contributed by atoms with Gasteiger partial charge in [0, 0.05) is 23.5 Å². The molecule has 0 saturated heterocycles. The van der Waals surface area contributed by atoms with Crippen LogP contribution in [-0.4, -0.2) is 23.4 Å². The van der Waals surface area contributed by atoms with Crippen molar-refractivity contribution in [3.63, 3.8) is 0 Å². The molecular weight excluding hydrogens is 329 g/mol.